The third-order valence-electron chi connectivity index (χ3n) is 2.76. The highest BCUT2D eigenvalue weighted by Gasteiger charge is 2.33. The molecule has 0 spiro atoms. The third-order valence-corrected chi connectivity index (χ3v) is 2.76. The summed E-state index contributed by atoms with van der Waals surface area (Å²) in [7, 11) is 0. The Morgan fingerprint density at radius 2 is 2.00 bits per heavy atom. The Bertz CT molecular complexity index is 279. The molecule has 1 aliphatic rings. The van der Waals surface area contributed by atoms with Crippen molar-refractivity contribution in [3.05, 3.63) is 0 Å². The lowest BCUT2D eigenvalue weighted by Gasteiger charge is -2.30. The van der Waals surface area contributed by atoms with Crippen molar-refractivity contribution in [2.45, 2.75) is 33.2 Å². The van der Waals surface area contributed by atoms with Crippen LogP contribution in [-0.2, 0) is 9.59 Å². The molecule has 5 nitrogen and oxygen atoms in total. The molecule has 16 heavy (non-hydrogen) atoms. The van der Waals surface area contributed by atoms with Crippen molar-refractivity contribution < 1.29 is 14.7 Å². The quantitative estimate of drug-likeness (QED) is 0.643. The second-order valence-electron chi connectivity index (χ2n) is 5.43. The van der Waals surface area contributed by atoms with Gasteiger partial charge in [-0.3, -0.25) is 4.79 Å². The maximum atomic E-state index is 11.6. The standard InChI is InChI=1S/C11H20N2O3/c1-11(2,3)9(10(15)16)13-8(14)4-7-5-12-6-7/h7,9,12H,4-6H2,1-3H3,(H,13,14)(H,15,16)/t9-/m1/s1. The van der Waals surface area contributed by atoms with Crippen LogP contribution in [0.25, 0.3) is 0 Å². The van der Waals surface area contributed by atoms with Gasteiger partial charge in [0.05, 0.1) is 0 Å². The van der Waals surface area contributed by atoms with Gasteiger partial charge in [0, 0.05) is 6.42 Å². The predicted molar refractivity (Wildman–Crippen MR) is 60.0 cm³/mol. The van der Waals surface area contributed by atoms with Crippen LogP contribution >= 0.6 is 0 Å². The highest BCUT2D eigenvalue weighted by molar-refractivity contribution is 5.84. The van der Waals surface area contributed by atoms with Crippen LogP contribution in [0.15, 0.2) is 0 Å². The lowest BCUT2D eigenvalue weighted by molar-refractivity contribution is -0.145. The fourth-order valence-electron chi connectivity index (χ4n) is 1.62. The van der Waals surface area contributed by atoms with E-state index >= 15 is 0 Å². The summed E-state index contributed by atoms with van der Waals surface area (Å²) in [5.41, 5.74) is -0.473. The van der Waals surface area contributed by atoms with Crippen LogP contribution in [-0.4, -0.2) is 36.1 Å². The molecule has 0 saturated carbocycles. The number of carboxylic acids is 1. The second kappa shape index (κ2) is 4.82. The molecule has 1 fully saturated rings. The number of amides is 1. The smallest absolute Gasteiger partial charge is 0.326 e. The highest BCUT2D eigenvalue weighted by atomic mass is 16.4. The van der Waals surface area contributed by atoms with Gasteiger partial charge in [-0.05, 0) is 24.4 Å². The van der Waals surface area contributed by atoms with Crippen molar-refractivity contribution in [2.24, 2.45) is 11.3 Å². The summed E-state index contributed by atoms with van der Waals surface area (Å²) >= 11 is 0. The summed E-state index contributed by atoms with van der Waals surface area (Å²) in [4.78, 5) is 22.6. The Balaban J connectivity index is 2.47. The first-order valence-corrected chi connectivity index (χ1v) is 5.53. The van der Waals surface area contributed by atoms with Crippen molar-refractivity contribution in [2.75, 3.05) is 13.1 Å². The van der Waals surface area contributed by atoms with Crippen LogP contribution in [0.1, 0.15) is 27.2 Å². The molecule has 3 N–H and O–H groups in total. The molecule has 0 aliphatic carbocycles. The van der Waals surface area contributed by atoms with E-state index in [4.69, 9.17) is 5.11 Å². The fraction of sp³-hybridized carbons (Fsp3) is 0.818. The first-order valence-electron chi connectivity index (χ1n) is 5.53. The van der Waals surface area contributed by atoms with Crippen molar-refractivity contribution in [1.82, 2.24) is 10.6 Å². The summed E-state index contributed by atoms with van der Waals surface area (Å²) in [5, 5.41) is 14.7. The van der Waals surface area contributed by atoms with E-state index in [0.29, 0.717) is 12.3 Å². The Kier molecular flexibility index (Phi) is 3.91. The molecule has 0 bridgehead atoms. The average Bonchev–Trinajstić information content (AvgIpc) is 2.05. The van der Waals surface area contributed by atoms with E-state index in [1.54, 1.807) is 20.8 Å². The third kappa shape index (κ3) is 3.48. The van der Waals surface area contributed by atoms with E-state index in [0.717, 1.165) is 13.1 Å². The number of hydrogen-bond acceptors (Lipinski definition) is 3. The minimum Gasteiger partial charge on any atom is -0.480 e. The molecule has 0 unspecified atom stereocenters. The minimum absolute atomic E-state index is 0.172. The summed E-state index contributed by atoms with van der Waals surface area (Å²) in [6, 6.07) is -0.826. The van der Waals surface area contributed by atoms with Crippen LogP contribution in [0, 0.1) is 11.3 Å². The minimum atomic E-state index is -0.979. The van der Waals surface area contributed by atoms with Gasteiger partial charge in [0.1, 0.15) is 6.04 Å². The number of carbonyl (C=O) groups is 2. The molecule has 0 aromatic carbocycles. The van der Waals surface area contributed by atoms with Crippen LogP contribution in [0.2, 0.25) is 0 Å². The summed E-state index contributed by atoms with van der Waals surface area (Å²) in [6.07, 6.45) is 0.410. The molecule has 1 saturated heterocycles. The highest BCUT2D eigenvalue weighted by Crippen LogP contribution is 2.20. The Morgan fingerprint density at radius 1 is 1.44 bits per heavy atom. The molecule has 0 aromatic heterocycles. The molecule has 1 heterocycles. The number of nitrogens with one attached hydrogen (secondary N) is 2. The van der Waals surface area contributed by atoms with Gasteiger partial charge in [0.2, 0.25) is 5.91 Å². The lowest BCUT2D eigenvalue weighted by Crippen LogP contribution is -2.51. The lowest BCUT2D eigenvalue weighted by atomic mass is 9.86. The van der Waals surface area contributed by atoms with E-state index in [1.807, 2.05) is 0 Å². The molecular formula is C11H20N2O3. The molecule has 0 radical (unpaired) electrons. The van der Waals surface area contributed by atoms with E-state index < -0.39 is 17.4 Å². The largest absolute Gasteiger partial charge is 0.480 e. The maximum absolute atomic E-state index is 11.6. The van der Waals surface area contributed by atoms with Gasteiger partial charge in [-0.15, -0.1) is 0 Å². The Morgan fingerprint density at radius 3 is 2.31 bits per heavy atom. The van der Waals surface area contributed by atoms with Crippen LogP contribution in [0.4, 0.5) is 0 Å². The number of aliphatic carboxylic acids is 1. The summed E-state index contributed by atoms with van der Waals surface area (Å²) in [6.45, 7) is 7.10. The van der Waals surface area contributed by atoms with Crippen LogP contribution in [0.3, 0.4) is 0 Å². The van der Waals surface area contributed by atoms with Gasteiger partial charge in [0.15, 0.2) is 0 Å². The molecular weight excluding hydrogens is 208 g/mol. The van der Waals surface area contributed by atoms with E-state index in [9.17, 15) is 9.59 Å². The zero-order valence-corrected chi connectivity index (χ0v) is 10.0. The van der Waals surface area contributed by atoms with Gasteiger partial charge in [-0.1, -0.05) is 20.8 Å². The molecule has 5 heteroatoms. The maximum Gasteiger partial charge on any atom is 0.326 e. The van der Waals surface area contributed by atoms with Gasteiger partial charge in [-0.2, -0.15) is 0 Å². The van der Waals surface area contributed by atoms with E-state index in [2.05, 4.69) is 10.6 Å². The number of rotatable bonds is 4. The van der Waals surface area contributed by atoms with Gasteiger partial charge in [0.25, 0.3) is 0 Å². The summed E-state index contributed by atoms with van der Waals surface area (Å²) in [5.74, 6) is -0.796. The molecule has 0 aromatic rings. The van der Waals surface area contributed by atoms with E-state index in [1.165, 1.54) is 0 Å². The molecule has 92 valence electrons. The zero-order chi connectivity index (χ0) is 12.3. The Hall–Kier alpha value is -1.10. The van der Waals surface area contributed by atoms with Crippen LogP contribution < -0.4 is 10.6 Å². The van der Waals surface area contributed by atoms with Crippen molar-refractivity contribution in [3.63, 3.8) is 0 Å². The second-order valence-corrected chi connectivity index (χ2v) is 5.43. The summed E-state index contributed by atoms with van der Waals surface area (Å²) < 4.78 is 0. The normalized spacial score (nSPS) is 18.7. The Labute approximate surface area is 95.6 Å². The van der Waals surface area contributed by atoms with Gasteiger partial charge < -0.3 is 15.7 Å². The molecule has 1 amide bonds. The van der Waals surface area contributed by atoms with E-state index in [-0.39, 0.29) is 5.91 Å². The predicted octanol–water partition coefficient (Wildman–Crippen LogP) is 0.211. The topological polar surface area (TPSA) is 78.4 Å². The van der Waals surface area contributed by atoms with Crippen molar-refractivity contribution in [3.8, 4) is 0 Å². The zero-order valence-electron chi connectivity index (χ0n) is 10.0. The van der Waals surface area contributed by atoms with Gasteiger partial charge >= 0.3 is 5.97 Å². The van der Waals surface area contributed by atoms with Crippen molar-refractivity contribution in [1.29, 1.82) is 0 Å². The average molecular weight is 228 g/mol. The first-order chi connectivity index (χ1) is 7.30. The van der Waals surface area contributed by atoms with Gasteiger partial charge in [-0.25, -0.2) is 4.79 Å². The van der Waals surface area contributed by atoms with Crippen LogP contribution in [0.5, 0.6) is 0 Å². The number of carboxylic acid groups (broad SMARTS) is 1. The molecule has 1 rings (SSSR count). The SMILES string of the molecule is CC(C)(C)[C@H](NC(=O)CC1CNC1)C(=O)O. The monoisotopic (exact) mass is 228 g/mol. The molecule has 1 aliphatic heterocycles. The first kappa shape index (κ1) is 13.0. The fourth-order valence-corrected chi connectivity index (χ4v) is 1.62. The number of carbonyl (C=O) groups excluding carboxylic acids is 1. The molecule has 1 atom stereocenters. The number of hydrogen-bond donors (Lipinski definition) is 3. The van der Waals surface area contributed by atoms with Crippen molar-refractivity contribution >= 4 is 11.9 Å².